The molecule has 0 fully saturated rings. The van der Waals surface area contributed by atoms with E-state index in [0.717, 1.165) is 0 Å². The van der Waals surface area contributed by atoms with Crippen LogP contribution in [0, 0.1) is 0 Å². The third-order valence-electron chi connectivity index (χ3n) is 6.04. The lowest BCUT2D eigenvalue weighted by Crippen LogP contribution is -2.30. The predicted octanol–water partition coefficient (Wildman–Crippen LogP) is 3.74. The van der Waals surface area contributed by atoms with Gasteiger partial charge in [0.05, 0.1) is 0 Å². The second-order valence-corrected chi connectivity index (χ2v) is 7.28. The molecule has 6 rings (SSSR count). The van der Waals surface area contributed by atoms with E-state index in [0.29, 0.717) is 12.8 Å². The molecule has 0 aliphatic heterocycles. The highest BCUT2D eigenvalue weighted by Crippen LogP contribution is 2.57. The van der Waals surface area contributed by atoms with Crippen molar-refractivity contribution >= 4 is 0 Å². The van der Waals surface area contributed by atoms with Crippen LogP contribution >= 0.6 is 0 Å². The maximum Gasteiger partial charge on any atom is 0.0471 e. The smallest absolute Gasteiger partial charge is 0.0471 e. The minimum atomic E-state index is 0.174. The highest BCUT2D eigenvalue weighted by Gasteiger charge is 2.42. The van der Waals surface area contributed by atoms with Crippen LogP contribution in [0.4, 0.5) is 0 Å². The first-order valence-electron chi connectivity index (χ1n) is 9.39. The average Bonchev–Trinajstić information content (AvgIpc) is 2.68. The zero-order chi connectivity index (χ0) is 17.7. The van der Waals surface area contributed by atoms with Gasteiger partial charge in [-0.3, -0.25) is 0 Å². The van der Waals surface area contributed by atoms with Gasteiger partial charge in [0.15, 0.2) is 0 Å². The molecule has 2 unspecified atom stereocenters. The van der Waals surface area contributed by atoms with Crippen molar-refractivity contribution < 1.29 is 10.2 Å². The Labute approximate surface area is 153 Å². The van der Waals surface area contributed by atoms with Crippen molar-refractivity contribution in [2.45, 2.75) is 24.7 Å². The first-order valence-corrected chi connectivity index (χ1v) is 9.39. The molecule has 26 heavy (non-hydrogen) atoms. The molecule has 2 atom stereocenters. The van der Waals surface area contributed by atoms with Crippen LogP contribution in [0.5, 0.6) is 0 Å². The Kier molecular flexibility index (Phi) is 3.70. The number of aliphatic hydroxyl groups is 2. The van der Waals surface area contributed by atoms with E-state index >= 15 is 0 Å². The monoisotopic (exact) mass is 342 g/mol. The van der Waals surface area contributed by atoms with Gasteiger partial charge in [-0.25, -0.2) is 0 Å². The zero-order valence-electron chi connectivity index (χ0n) is 14.7. The Hall–Kier alpha value is -2.42. The SMILES string of the molecule is OCCc1cccc2c1C1c3ccccc3C2c2c(CCO)cccc21. The van der Waals surface area contributed by atoms with Crippen molar-refractivity contribution in [1.29, 1.82) is 0 Å². The fourth-order valence-corrected chi connectivity index (χ4v) is 5.14. The van der Waals surface area contributed by atoms with Gasteiger partial charge in [0, 0.05) is 25.0 Å². The third-order valence-corrected chi connectivity index (χ3v) is 6.04. The molecule has 2 N–H and O–H groups in total. The summed E-state index contributed by atoms with van der Waals surface area (Å²) in [7, 11) is 0. The van der Waals surface area contributed by atoms with Crippen LogP contribution in [0.2, 0.25) is 0 Å². The first-order chi connectivity index (χ1) is 12.8. The van der Waals surface area contributed by atoms with E-state index < -0.39 is 0 Å². The molecule has 3 aromatic carbocycles. The standard InChI is InChI=1S/C24H22O2/c25-13-11-15-5-4-10-20-21(15)23-17-7-1-2-8-18(17)24(20)22-16(12-14-26)6-3-9-19(22)23/h1-10,23-26H,11-14H2. The molecular formula is C24H22O2. The normalized spacial score (nSPS) is 19.0. The summed E-state index contributed by atoms with van der Waals surface area (Å²) in [6, 6.07) is 21.9. The fourth-order valence-electron chi connectivity index (χ4n) is 5.14. The van der Waals surface area contributed by atoms with Crippen LogP contribution in [-0.2, 0) is 12.8 Å². The van der Waals surface area contributed by atoms with Crippen molar-refractivity contribution in [2.75, 3.05) is 13.2 Å². The summed E-state index contributed by atoms with van der Waals surface area (Å²) in [4.78, 5) is 0. The summed E-state index contributed by atoms with van der Waals surface area (Å²) in [5.74, 6) is 0.449. The van der Waals surface area contributed by atoms with Crippen LogP contribution in [0.1, 0.15) is 56.3 Å². The first kappa shape index (κ1) is 15.8. The molecule has 2 heteroatoms. The number of rotatable bonds is 4. The zero-order valence-corrected chi connectivity index (χ0v) is 14.7. The van der Waals surface area contributed by atoms with Crippen molar-refractivity contribution in [2.24, 2.45) is 0 Å². The number of aliphatic hydroxyl groups excluding tert-OH is 2. The molecule has 3 aromatic rings. The minimum Gasteiger partial charge on any atom is -0.396 e. The number of hydrogen-bond donors (Lipinski definition) is 2. The van der Waals surface area contributed by atoms with E-state index in [2.05, 4.69) is 60.7 Å². The topological polar surface area (TPSA) is 40.5 Å². The van der Waals surface area contributed by atoms with Crippen LogP contribution in [0.25, 0.3) is 0 Å². The Balaban J connectivity index is 1.84. The van der Waals surface area contributed by atoms with Gasteiger partial charge in [0.1, 0.15) is 0 Å². The van der Waals surface area contributed by atoms with E-state index in [1.807, 2.05) is 0 Å². The third kappa shape index (κ3) is 2.06. The summed E-state index contributed by atoms with van der Waals surface area (Å²) in [6.07, 6.45) is 1.39. The van der Waals surface area contributed by atoms with E-state index in [-0.39, 0.29) is 25.0 Å². The molecule has 130 valence electrons. The van der Waals surface area contributed by atoms with Crippen molar-refractivity contribution in [3.63, 3.8) is 0 Å². The lowest BCUT2D eigenvalue weighted by molar-refractivity contribution is 0.298. The lowest BCUT2D eigenvalue weighted by atomic mass is 9.59. The molecule has 2 nitrogen and oxygen atoms in total. The van der Waals surface area contributed by atoms with Crippen LogP contribution in [-0.4, -0.2) is 23.4 Å². The summed E-state index contributed by atoms with van der Waals surface area (Å²) in [5.41, 5.74) is 10.8. The van der Waals surface area contributed by atoms with E-state index in [1.54, 1.807) is 0 Å². The van der Waals surface area contributed by atoms with Gasteiger partial charge in [0.25, 0.3) is 0 Å². The second-order valence-electron chi connectivity index (χ2n) is 7.28. The molecule has 0 heterocycles. The molecular weight excluding hydrogens is 320 g/mol. The average molecular weight is 342 g/mol. The van der Waals surface area contributed by atoms with Crippen LogP contribution in [0.3, 0.4) is 0 Å². The quantitative estimate of drug-likeness (QED) is 0.522. The molecule has 0 amide bonds. The molecule has 0 aromatic heterocycles. The van der Waals surface area contributed by atoms with E-state index in [4.69, 9.17) is 0 Å². The maximum atomic E-state index is 9.57. The van der Waals surface area contributed by atoms with E-state index in [1.165, 1.54) is 44.5 Å². The van der Waals surface area contributed by atoms with Crippen LogP contribution in [0.15, 0.2) is 60.7 Å². The molecule has 2 bridgehead atoms. The molecule has 0 saturated heterocycles. The Morgan fingerprint density at radius 2 is 0.962 bits per heavy atom. The number of benzene rings is 3. The summed E-state index contributed by atoms with van der Waals surface area (Å²) in [6.45, 7) is 0.347. The van der Waals surface area contributed by atoms with Crippen molar-refractivity contribution in [3.8, 4) is 0 Å². The van der Waals surface area contributed by atoms with E-state index in [9.17, 15) is 10.2 Å². The molecule has 3 aliphatic rings. The Morgan fingerprint density at radius 1 is 0.538 bits per heavy atom. The van der Waals surface area contributed by atoms with Crippen molar-refractivity contribution in [1.82, 2.24) is 0 Å². The van der Waals surface area contributed by atoms with Gasteiger partial charge in [-0.2, -0.15) is 0 Å². The van der Waals surface area contributed by atoms with Crippen LogP contribution < -0.4 is 0 Å². The van der Waals surface area contributed by atoms with Gasteiger partial charge < -0.3 is 10.2 Å². The predicted molar refractivity (Wildman–Crippen MR) is 103 cm³/mol. The second kappa shape index (κ2) is 6.08. The van der Waals surface area contributed by atoms with Gasteiger partial charge in [-0.1, -0.05) is 60.7 Å². The van der Waals surface area contributed by atoms with Gasteiger partial charge in [-0.15, -0.1) is 0 Å². The van der Waals surface area contributed by atoms with Gasteiger partial charge in [0.2, 0.25) is 0 Å². The van der Waals surface area contributed by atoms with Gasteiger partial charge in [-0.05, 0) is 57.3 Å². The highest BCUT2D eigenvalue weighted by molar-refractivity contribution is 5.70. The summed E-state index contributed by atoms with van der Waals surface area (Å²) in [5, 5.41) is 19.1. The summed E-state index contributed by atoms with van der Waals surface area (Å²) >= 11 is 0. The lowest BCUT2D eigenvalue weighted by Gasteiger charge is -2.44. The maximum absolute atomic E-state index is 9.57. The molecule has 0 spiro atoms. The largest absolute Gasteiger partial charge is 0.396 e. The van der Waals surface area contributed by atoms with Gasteiger partial charge >= 0.3 is 0 Å². The minimum absolute atomic E-state index is 0.174. The fraction of sp³-hybridized carbons (Fsp3) is 0.250. The Bertz CT molecular complexity index is 909. The molecule has 0 radical (unpaired) electrons. The highest BCUT2D eigenvalue weighted by atomic mass is 16.3. The molecule has 3 aliphatic carbocycles. The number of hydrogen-bond acceptors (Lipinski definition) is 2. The van der Waals surface area contributed by atoms with Crippen molar-refractivity contribution in [3.05, 3.63) is 105 Å². The summed E-state index contributed by atoms with van der Waals surface area (Å²) < 4.78 is 0. The molecule has 0 saturated carbocycles. The Morgan fingerprint density at radius 3 is 1.38 bits per heavy atom.